The highest BCUT2D eigenvalue weighted by Gasteiger charge is 2.35. The van der Waals surface area contributed by atoms with Gasteiger partial charge in [0.2, 0.25) is 5.91 Å². The number of imide groups is 2. The Kier molecular flexibility index (Phi) is 3.80. The van der Waals surface area contributed by atoms with Crippen LogP contribution in [0.3, 0.4) is 0 Å². The first-order chi connectivity index (χ1) is 13.0. The molecule has 2 aliphatic rings. The lowest BCUT2D eigenvalue weighted by Crippen LogP contribution is -2.32. The van der Waals surface area contributed by atoms with Gasteiger partial charge in [-0.25, -0.2) is 0 Å². The summed E-state index contributed by atoms with van der Waals surface area (Å²) in [5, 5.41) is 4.77. The Hall–Kier alpha value is -3.81. The highest BCUT2D eigenvalue weighted by molar-refractivity contribution is 6.22. The zero-order valence-electron chi connectivity index (χ0n) is 13.9. The molecule has 0 atom stereocenters. The van der Waals surface area contributed by atoms with Gasteiger partial charge in [0.15, 0.2) is 0 Å². The second kappa shape index (κ2) is 6.17. The maximum atomic E-state index is 12.3. The molecule has 0 unspecified atom stereocenters. The third-order valence-electron chi connectivity index (χ3n) is 4.46. The van der Waals surface area contributed by atoms with Crippen molar-refractivity contribution < 1.29 is 24.0 Å². The lowest BCUT2D eigenvalue weighted by Gasteiger charge is -2.13. The molecule has 0 radical (unpaired) electrons. The molecule has 0 aliphatic carbocycles. The Labute approximate surface area is 153 Å². The number of hydrogen-bond acceptors (Lipinski definition) is 5. The fourth-order valence-electron chi connectivity index (χ4n) is 3.12. The molecule has 8 nitrogen and oxygen atoms in total. The summed E-state index contributed by atoms with van der Waals surface area (Å²) in [6.45, 7) is -0.0535. The summed E-state index contributed by atoms with van der Waals surface area (Å²) in [6, 6.07) is 10.9. The summed E-state index contributed by atoms with van der Waals surface area (Å²) < 4.78 is 0. The number of carbonyl (C=O) groups excluding carboxylic acids is 5. The van der Waals surface area contributed by atoms with Crippen molar-refractivity contribution in [3.63, 3.8) is 0 Å². The molecule has 8 heteroatoms. The topological polar surface area (TPSA) is 113 Å². The van der Waals surface area contributed by atoms with Crippen molar-refractivity contribution >= 4 is 35.2 Å². The van der Waals surface area contributed by atoms with Crippen molar-refractivity contribution in [3.8, 4) is 0 Å². The number of amides is 5. The predicted octanol–water partition coefficient (Wildman–Crippen LogP) is 1.20. The van der Waals surface area contributed by atoms with E-state index in [0.717, 1.165) is 4.90 Å². The van der Waals surface area contributed by atoms with E-state index in [1.54, 1.807) is 24.3 Å². The lowest BCUT2D eigenvalue weighted by atomic mass is 10.1. The molecule has 2 aromatic carbocycles. The fraction of sp³-hybridized carbons (Fsp3) is 0.105. The molecule has 0 saturated carbocycles. The van der Waals surface area contributed by atoms with Gasteiger partial charge in [0.05, 0.1) is 22.3 Å². The van der Waals surface area contributed by atoms with Crippen LogP contribution in [0, 0.1) is 0 Å². The molecule has 5 amide bonds. The first-order valence-electron chi connectivity index (χ1n) is 8.20. The summed E-state index contributed by atoms with van der Waals surface area (Å²) in [5.74, 6) is -2.25. The zero-order chi connectivity index (χ0) is 19.1. The van der Waals surface area contributed by atoms with Crippen LogP contribution in [-0.4, -0.2) is 41.0 Å². The molecule has 2 aromatic rings. The minimum Gasteiger partial charge on any atom is -0.326 e. The number of nitrogens with zero attached hydrogens (tertiary/aromatic N) is 1. The average molecular weight is 363 g/mol. The Bertz CT molecular complexity index is 1010. The van der Waals surface area contributed by atoms with E-state index in [1.807, 2.05) is 0 Å². The van der Waals surface area contributed by atoms with E-state index in [-0.39, 0.29) is 24.1 Å². The van der Waals surface area contributed by atoms with Gasteiger partial charge in [0.25, 0.3) is 23.6 Å². The van der Waals surface area contributed by atoms with Gasteiger partial charge in [-0.3, -0.25) is 34.2 Å². The number of anilines is 1. The smallest absolute Gasteiger partial charge is 0.261 e. The van der Waals surface area contributed by atoms with Crippen LogP contribution in [0.4, 0.5) is 5.69 Å². The molecule has 0 aromatic heterocycles. The van der Waals surface area contributed by atoms with Crippen LogP contribution < -0.4 is 10.6 Å². The van der Waals surface area contributed by atoms with Gasteiger partial charge in [0, 0.05) is 18.7 Å². The first-order valence-corrected chi connectivity index (χ1v) is 8.20. The summed E-state index contributed by atoms with van der Waals surface area (Å²) in [4.78, 5) is 60.9. The summed E-state index contributed by atoms with van der Waals surface area (Å²) in [6.07, 6.45) is -0.0896. The van der Waals surface area contributed by atoms with Crippen LogP contribution in [0.1, 0.15) is 47.9 Å². The normalized spacial score (nSPS) is 14.9. The highest BCUT2D eigenvalue weighted by Crippen LogP contribution is 2.23. The first kappa shape index (κ1) is 16.6. The van der Waals surface area contributed by atoms with Crippen molar-refractivity contribution in [3.05, 3.63) is 64.7 Å². The maximum Gasteiger partial charge on any atom is 0.261 e. The quantitative estimate of drug-likeness (QED) is 0.793. The second-order valence-electron chi connectivity index (χ2n) is 6.15. The van der Waals surface area contributed by atoms with Crippen LogP contribution in [0.2, 0.25) is 0 Å². The number of hydrogen-bond donors (Lipinski definition) is 2. The minimum absolute atomic E-state index is 0.0535. The van der Waals surface area contributed by atoms with Crippen molar-refractivity contribution in [2.24, 2.45) is 0 Å². The van der Waals surface area contributed by atoms with E-state index in [1.165, 1.54) is 18.2 Å². The molecule has 27 heavy (non-hydrogen) atoms. The van der Waals surface area contributed by atoms with Gasteiger partial charge < -0.3 is 5.32 Å². The van der Waals surface area contributed by atoms with E-state index in [2.05, 4.69) is 10.6 Å². The Morgan fingerprint density at radius 3 is 2.15 bits per heavy atom. The average Bonchev–Trinajstić information content (AvgIpc) is 3.07. The van der Waals surface area contributed by atoms with Crippen molar-refractivity contribution in [1.82, 2.24) is 10.2 Å². The molecule has 2 aliphatic heterocycles. The van der Waals surface area contributed by atoms with E-state index >= 15 is 0 Å². The number of rotatable bonds is 4. The van der Waals surface area contributed by atoms with Crippen LogP contribution >= 0.6 is 0 Å². The van der Waals surface area contributed by atoms with E-state index in [0.29, 0.717) is 16.8 Å². The zero-order valence-corrected chi connectivity index (χ0v) is 13.9. The SMILES string of the molecule is O=C(CCN1C(=O)c2ccccc2C1=O)Nc1ccc2c(c1)C(=O)NC2=O. The standard InChI is InChI=1S/C19H13N3O5/c23-15(20-10-5-6-11-14(9-10)17(25)21-16(11)24)7-8-22-18(26)12-3-1-2-4-13(12)19(22)27/h1-6,9H,7-8H2,(H,20,23)(H,21,24,25). The molecule has 2 N–H and O–H groups in total. The monoisotopic (exact) mass is 363 g/mol. The number of fused-ring (bicyclic) bond motifs is 2. The molecule has 4 rings (SSSR count). The lowest BCUT2D eigenvalue weighted by molar-refractivity contribution is -0.116. The molecule has 0 spiro atoms. The van der Waals surface area contributed by atoms with Crippen molar-refractivity contribution in [2.75, 3.05) is 11.9 Å². The molecule has 134 valence electrons. The Morgan fingerprint density at radius 1 is 0.852 bits per heavy atom. The van der Waals surface area contributed by atoms with Crippen molar-refractivity contribution in [2.45, 2.75) is 6.42 Å². The Morgan fingerprint density at radius 2 is 1.48 bits per heavy atom. The fourth-order valence-corrected chi connectivity index (χ4v) is 3.12. The van der Waals surface area contributed by atoms with E-state index in [4.69, 9.17) is 0 Å². The summed E-state index contributed by atoms with van der Waals surface area (Å²) in [7, 11) is 0. The largest absolute Gasteiger partial charge is 0.326 e. The third kappa shape index (κ3) is 2.77. The molecule has 0 fully saturated rings. The van der Waals surface area contributed by atoms with E-state index < -0.39 is 29.5 Å². The third-order valence-corrected chi connectivity index (χ3v) is 4.46. The molecule has 2 heterocycles. The van der Waals surface area contributed by atoms with Gasteiger partial charge in [-0.05, 0) is 30.3 Å². The van der Waals surface area contributed by atoms with Gasteiger partial charge in [0.1, 0.15) is 0 Å². The van der Waals surface area contributed by atoms with Crippen LogP contribution in [0.25, 0.3) is 0 Å². The molecule has 0 bridgehead atoms. The highest BCUT2D eigenvalue weighted by atomic mass is 16.2. The predicted molar refractivity (Wildman–Crippen MR) is 93.3 cm³/mol. The molecule has 0 saturated heterocycles. The molecular weight excluding hydrogens is 350 g/mol. The van der Waals surface area contributed by atoms with Gasteiger partial charge in [-0.1, -0.05) is 12.1 Å². The maximum absolute atomic E-state index is 12.3. The summed E-state index contributed by atoms with van der Waals surface area (Å²) >= 11 is 0. The van der Waals surface area contributed by atoms with Crippen LogP contribution in [-0.2, 0) is 4.79 Å². The second-order valence-corrected chi connectivity index (χ2v) is 6.15. The van der Waals surface area contributed by atoms with Gasteiger partial charge in [-0.2, -0.15) is 0 Å². The Balaban J connectivity index is 1.41. The number of benzene rings is 2. The number of carbonyl (C=O) groups is 5. The summed E-state index contributed by atoms with van der Waals surface area (Å²) in [5.41, 5.74) is 1.46. The van der Waals surface area contributed by atoms with Gasteiger partial charge >= 0.3 is 0 Å². The van der Waals surface area contributed by atoms with E-state index in [9.17, 15) is 24.0 Å². The minimum atomic E-state index is -0.517. The molecular formula is C19H13N3O5. The van der Waals surface area contributed by atoms with Crippen LogP contribution in [0.5, 0.6) is 0 Å². The number of nitrogens with one attached hydrogen (secondary N) is 2. The van der Waals surface area contributed by atoms with Crippen molar-refractivity contribution in [1.29, 1.82) is 0 Å². The van der Waals surface area contributed by atoms with Gasteiger partial charge in [-0.15, -0.1) is 0 Å². The van der Waals surface area contributed by atoms with Crippen LogP contribution in [0.15, 0.2) is 42.5 Å².